The molecule has 2 aromatic rings. The molecule has 1 nitrogen and oxygen atoms in total. The largest absolute Gasteiger partial charge is 0.378 e. The Hall–Kier alpha value is -1.28. The highest BCUT2D eigenvalue weighted by atomic mass is 79.9. The first-order valence-corrected chi connectivity index (χ1v) is 7.66. The molecule has 0 radical (unpaired) electrons. The van der Waals surface area contributed by atoms with E-state index in [2.05, 4.69) is 76.7 Å². The van der Waals surface area contributed by atoms with Crippen molar-refractivity contribution in [2.45, 2.75) is 32.2 Å². The van der Waals surface area contributed by atoms with Crippen LogP contribution < -0.4 is 5.32 Å². The fraction of sp³-hybridized carbons (Fsp3) is 0.294. The molecule has 0 amide bonds. The molecular formula is C17H20BrN. The second kappa shape index (κ2) is 7.34. The van der Waals surface area contributed by atoms with Crippen molar-refractivity contribution in [3.63, 3.8) is 0 Å². The van der Waals surface area contributed by atoms with E-state index in [9.17, 15) is 0 Å². The molecule has 1 atom stereocenters. The summed E-state index contributed by atoms with van der Waals surface area (Å²) in [6.07, 6.45) is 3.62. The van der Waals surface area contributed by atoms with Gasteiger partial charge in [-0.05, 0) is 36.2 Å². The van der Waals surface area contributed by atoms with Crippen molar-refractivity contribution in [3.8, 4) is 0 Å². The number of hydrogen-bond acceptors (Lipinski definition) is 1. The minimum Gasteiger partial charge on any atom is -0.378 e. The third-order valence-corrected chi connectivity index (χ3v) is 3.76. The van der Waals surface area contributed by atoms with Crippen molar-refractivity contribution in [2.24, 2.45) is 0 Å². The molecule has 2 aromatic carbocycles. The summed E-state index contributed by atoms with van der Waals surface area (Å²) in [4.78, 5) is 0. The van der Waals surface area contributed by atoms with Gasteiger partial charge in [0.05, 0.1) is 6.04 Å². The standard InChI is InChI=1S/C17H20BrN/c1-2-3-9-17(14-10-12-15(18)13-11-14)19-16-7-5-4-6-8-16/h4-8,10-13,17,19H,2-3,9H2,1H3/t17-/m0/s1. The summed E-state index contributed by atoms with van der Waals surface area (Å²) in [5.74, 6) is 0. The molecule has 2 heteroatoms. The summed E-state index contributed by atoms with van der Waals surface area (Å²) in [5, 5.41) is 3.63. The maximum Gasteiger partial charge on any atom is 0.0513 e. The molecule has 0 aliphatic heterocycles. The second-order valence-electron chi connectivity index (χ2n) is 4.76. The molecule has 0 unspecified atom stereocenters. The Labute approximate surface area is 124 Å². The van der Waals surface area contributed by atoms with Gasteiger partial charge in [-0.1, -0.05) is 66.0 Å². The average molecular weight is 318 g/mol. The zero-order valence-electron chi connectivity index (χ0n) is 11.3. The summed E-state index contributed by atoms with van der Waals surface area (Å²) < 4.78 is 1.13. The Bertz CT molecular complexity index is 478. The van der Waals surface area contributed by atoms with Gasteiger partial charge in [-0.2, -0.15) is 0 Å². The van der Waals surface area contributed by atoms with Gasteiger partial charge in [0.2, 0.25) is 0 Å². The van der Waals surface area contributed by atoms with Crippen LogP contribution in [0, 0.1) is 0 Å². The van der Waals surface area contributed by atoms with Crippen LogP contribution in [0.15, 0.2) is 59.1 Å². The van der Waals surface area contributed by atoms with Crippen LogP contribution in [0.3, 0.4) is 0 Å². The minimum absolute atomic E-state index is 0.385. The lowest BCUT2D eigenvalue weighted by molar-refractivity contribution is 0.634. The lowest BCUT2D eigenvalue weighted by Gasteiger charge is -2.20. The van der Waals surface area contributed by atoms with Gasteiger partial charge in [-0.3, -0.25) is 0 Å². The van der Waals surface area contributed by atoms with Gasteiger partial charge in [0.25, 0.3) is 0 Å². The number of hydrogen-bond donors (Lipinski definition) is 1. The number of halogens is 1. The van der Waals surface area contributed by atoms with Crippen LogP contribution in [0.25, 0.3) is 0 Å². The zero-order valence-corrected chi connectivity index (χ0v) is 12.9. The third-order valence-electron chi connectivity index (χ3n) is 3.23. The Morgan fingerprint density at radius 2 is 1.68 bits per heavy atom. The SMILES string of the molecule is CCCC[C@H](Nc1ccccc1)c1ccc(Br)cc1. The Morgan fingerprint density at radius 3 is 2.32 bits per heavy atom. The van der Waals surface area contributed by atoms with Crippen molar-refractivity contribution >= 4 is 21.6 Å². The predicted octanol–water partition coefficient (Wildman–Crippen LogP) is 5.79. The van der Waals surface area contributed by atoms with Gasteiger partial charge in [0.1, 0.15) is 0 Å². The van der Waals surface area contributed by atoms with Crippen molar-refractivity contribution in [3.05, 3.63) is 64.6 Å². The van der Waals surface area contributed by atoms with Gasteiger partial charge < -0.3 is 5.32 Å². The molecule has 100 valence electrons. The average Bonchev–Trinajstić information content (AvgIpc) is 2.45. The molecule has 1 N–H and O–H groups in total. The van der Waals surface area contributed by atoms with Crippen LogP contribution in [-0.4, -0.2) is 0 Å². The van der Waals surface area contributed by atoms with Crippen LogP contribution in [0.1, 0.15) is 37.8 Å². The van der Waals surface area contributed by atoms with E-state index in [1.165, 1.54) is 24.1 Å². The fourth-order valence-electron chi connectivity index (χ4n) is 2.16. The molecule has 0 fully saturated rings. The first-order valence-electron chi connectivity index (χ1n) is 6.86. The van der Waals surface area contributed by atoms with E-state index in [1.54, 1.807) is 0 Å². The highest BCUT2D eigenvalue weighted by molar-refractivity contribution is 9.10. The molecule has 0 aromatic heterocycles. The highest BCUT2D eigenvalue weighted by Gasteiger charge is 2.10. The van der Waals surface area contributed by atoms with Crippen LogP contribution >= 0.6 is 15.9 Å². The van der Waals surface area contributed by atoms with E-state index in [1.807, 2.05) is 6.07 Å². The van der Waals surface area contributed by atoms with Gasteiger partial charge in [-0.15, -0.1) is 0 Å². The molecule has 0 saturated heterocycles. The van der Waals surface area contributed by atoms with Gasteiger partial charge >= 0.3 is 0 Å². The highest BCUT2D eigenvalue weighted by Crippen LogP contribution is 2.25. The first-order chi connectivity index (χ1) is 9.29. The van der Waals surface area contributed by atoms with Crippen LogP contribution in [-0.2, 0) is 0 Å². The van der Waals surface area contributed by atoms with Crippen LogP contribution in [0.5, 0.6) is 0 Å². The number of para-hydroxylation sites is 1. The molecule has 0 saturated carbocycles. The Morgan fingerprint density at radius 1 is 1.00 bits per heavy atom. The molecule has 0 spiro atoms. The Balaban J connectivity index is 2.13. The van der Waals surface area contributed by atoms with E-state index in [0.29, 0.717) is 6.04 Å². The van der Waals surface area contributed by atoms with Crippen molar-refractivity contribution in [2.75, 3.05) is 5.32 Å². The normalized spacial score (nSPS) is 12.1. The number of anilines is 1. The number of nitrogens with one attached hydrogen (secondary N) is 1. The summed E-state index contributed by atoms with van der Waals surface area (Å²) in [5.41, 5.74) is 2.53. The number of benzene rings is 2. The smallest absolute Gasteiger partial charge is 0.0513 e. The zero-order chi connectivity index (χ0) is 13.5. The van der Waals surface area contributed by atoms with E-state index < -0.39 is 0 Å². The minimum atomic E-state index is 0.385. The van der Waals surface area contributed by atoms with E-state index in [4.69, 9.17) is 0 Å². The van der Waals surface area contributed by atoms with Crippen LogP contribution in [0.4, 0.5) is 5.69 Å². The molecule has 19 heavy (non-hydrogen) atoms. The lowest BCUT2D eigenvalue weighted by Crippen LogP contribution is -2.10. The molecule has 0 aliphatic rings. The predicted molar refractivity (Wildman–Crippen MR) is 86.5 cm³/mol. The molecule has 0 bridgehead atoms. The van der Waals surface area contributed by atoms with E-state index >= 15 is 0 Å². The Kier molecular flexibility index (Phi) is 5.46. The lowest BCUT2D eigenvalue weighted by atomic mass is 10.0. The number of unbranched alkanes of at least 4 members (excludes halogenated alkanes) is 1. The van der Waals surface area contributed by atoms with Gasteiger partial charge in [0.15, 0.2) is 0 Å². The van der Waals surface area contributed by atoms with Crippen molar-refractivity contribution < 1.29 is 0 Å². The maximum absolute atomic E-state index is 3.63. The molecule has 2 rings (SSSR count). The molecular weight excluding hydrogens is 298 g/mol. The quantitative estimate of drug-likeness (QED) is 0.710. The van der Waals surface area contributed by atoms with Crippen molar-refractivity contribution in [1.82, 2.24) is 0 Å². The topological polar surface area (TPSA) is 12.0 Å². The van der Waals surface area contributed by atoms with Gasteiger partial charge in [0, 0.05) is 10.2 Å². The summed E-state index contributed by atoms with van der Waals surface area (Å²) >= 11 is 3.49. The second-order valence-corrected chi connectivity index (χ2v) is 5.67. The van der Waals surface area contributed by atoms with Gasteiger partial charge in [-0.25, -0.2) is 0 Å². The summed E-state index contributed by atoms with van der Waals surface area (Å²) in [7, 11) is 0. The fourth-order valence-corrected chi connectivity index (χ4v) is 2.43. The number of rotatable bonds is 6. The summed E-state index contributed by atoms with van der Waals surface area (Å²) in [6.45, 7) is 2.24. The third kappa shape index (κ3) is 4.39. The molecule has 0 heterocycles. The van der Waals surface area contributed by atoms with Crippen molar-refractivity contribution in [1.29, 1.82) is 0 Å². The maximum atomic E-state index is 3.63. The first kappa shape index (κ1) is 14.1. The van der Waals surface area contributed by atoms with E-state index in [-0.39, 0.29) is 0 Å². The van der Waals surface area contributed by atoms with E-state index in [0.717, 1.165) is 10.9 Å². The summed E-state index contributed by atoms with van der Waals surface area (Å²) in [6, 6.07) is 19.4. The molecule has 0 aliphatic carbocycles. The van der Waals surface area contributed by atoms with Crippen LogP contribution in [0.2, 0.25) is 0 Å². The monoisotopic (exact) mass is 317 g/mol.